The lowest BCUT2D eigenvalue weighted by molar-refractivity contribution is 0.105. The van der Waals surface area contributed by atoms with Crippen molar-refractivity contribution < 1.29 is 4.74 Å². The standard InChI is InChI=1S/C16H25NO.ClH/c1-15(10-7-11-16(15,2)17(3)4)13-8-6-9-14(12-13)18-5;/h6,8-9,12H,7,10-11H2,1-5H3;1H. The number of methoxy groups -OCH3 is 1. The monoisotopic (exact) mass is 283 g/mol. The minimum Gasteiger partial charge on any atom is -0.497 e. The van der Waals surface area contributed by atoms with Crippen LogP contribution in [-0.4, -0.2) is 31.6 Å². The van der Waals surface area contributed by atoms with Gasteiger partial charge in [-0.3, -0.25) is 0 Å². The highest BCUT2D eigenvalue weighted by Gasteiger charge is 2.50. The number of benzene rings is 1. The molecule has 0 N–H and O–H groups in total. The Labute approximate surface area is 123 Å². The van der Waals surface area contributed by atoms with Crippen LogP contribution < -0.4 is 4.74 Å². The van der Waals surface area contributed by atoms with Crippen LogP contribution in [0.4, 0.5) is 0 Å². The summed E-state index contributed by atoms with van der Waals surface area (Å²) in [6.07, 6.45) is 3.80. The maximum atomic E-state index is 5.37. The Morgan fingerprint density at radius 1 is 1.16 bits per heavy atom. The Balaban J connectivity index is 0.00000180. The van der Waals surface area contributed by atoms with Crippen molar-refractivity contribution in [3.63, 3.8) is 0 Å². The summed E-state index contributed by atoms with van der Waals surface area (Å²) in [6.45, 7) is 4.79. The van der Waals surface area contributed by atoms with Gasteiger partial charge in [-0.25, -0.2) is 0 Å². The van der Waals surface area contributed by atoms with Crippen molar-refractivity contribution >= 4 is 12.4 Å². The van der Waals surface area contributed by atoms with Crippen LogP contribution in [0.1, 0.15) is 38.7 Å². The predicted octanol–water partition coefficient (Wildman–Crippen LogP) is 3.88. The van der Waals surface area contributed by atoms with Gasteiger partial charge in [0.05, 0.1) is 7.11 Å². The molecule has 1 aliphatic carbocycles. The number of rotatable bonds is 3. The summed E-state index contributed by atoms with van der Waals surface area (Å²) >= 11 is 0. The molecule has 1 aliphatic rings. The topological polar surface area (TPSA) is 12.5 Å². The average molecular weight is 284 g/mol. The maximum Gasteiger partial charge on any atom is 0.119 e. The van der Waals surface area contributed by atoms with Gasteiger partial charge < -0.3 is 9.64 Å². The first kappa shape index (κ1) is 16.3. The van der Waals surface area contributed by atoms with Gasteiger partial charge in [-0.2, -0.15) is 0 Å². The van der Waals surface area contributed by atoms with Gasteiger partial charge in [0.1, 0.15) is 5.75 Å². The largest absolute Gasteiger partial charge is 0.497 e. The molecule has 2 atom stereocenters. The van der Waals surface area contributed by atoms with Crippen molar-refractivity contribution in [3.05, 3.63) is 29.8 Å². The van der Waals surface area contributed by atoms with Gasteiger partial charge in [-0.15, -0.1) is 12.4 Å². The van der Waals surface area contributed by atoms with Gasteiger partial charge in [0.2, 0.25) is 0 Å². The second-order valence-corrected chi connectivity index (χ2v) is 6.09. The van der Waals surface area contributed by atoms with E-state index in [1.54, 1.807) is 7.11 Å². The molecule has 1 saturated carbocycles. The van der Waals surface area contributed by atoms with Gasteiger partial charge >= 0.3 is 0 Å². The molecule has 0 amide bonds. The third kappa shape index (κ3) is 2.48. The van der Waals surface area contributed by atoms with Crippen molar-refractivity contribution in [2.45, 2.75) is 44.1 Å². The highest BCUT2D eigenvalue weighted by Crippen LogP contribution is 2.50. The molecule has 0 heterocycles. The maximum absolute atomic E-state index is 5.37. The first-order valence-corrected chi connectivity index (χ1v) is 6.76. The molecule has 0 bridgehead atoms. The number of hydrogen-bond acceptors (Lipinski definition) is 2. The zero-order valence-electron chi connectivity index (χ0n) is 12.7. The third-order valence-corrected chi connectivity index (χ3v) is 5.22. The molecule has 19 heavy (non-hydrogen) atoms. The molecule has 0 aliphatic heterocycles. The molecule has 0 spiro atoms. The molecular formula is C16H26ClNO. The molecule has 1 aromatic carbocycles. The summed E-state index contributed by atoms with van der Waals surface area (Å²) < 4.78 is 5.37. The smallest absolute Gasteiger partial charge is 0.119 e. The Bertz CT molecular complexity index is 435. The minimum atomic E-state index is 0. The van der Waals surface area contributed by atoms with Crippen LogP contribution in [0.2, 0.25) is 0 Å². The molecule has 2 nitrogen and oxygen atoms in total. The fourth-order valence-corrected chi connectivity index (χ4v) is 3.47. The van der Waals surface area contributed by atoms with E-state index in [-0.39, 0.29) is 23.4 Å². The summed E-state index contributed by atoms with van der Waals surface area (Å²) in [5.41, 5.74) is 1.82. The lowest BCUT2D eigenvalue weighted by Crippen LogP contribution is -2.53. The van der Waals surface area contributed by atoms with Crippen molar-refractivity contribution in [3.8, 4) is 5.75 Å². The Morgan fingerprint density at radius 3 is 2.42 bits per heavy atom. The van der Waals surface area contributed by atoms with E-state index >= 15 is 0 Å². The van der Waals surface area contributed by atoms with Crippen molar-refractivity contribution in [2.24, 2.45) is 0 Å². The molecule has 1 fully saturated rings. The van der Waals surface area contributed by atoms with Crippen LogP contribution in [0.3, 0.4) is 0 Å². The number of ether oxygens (including phenoxy) is 1. The molecule has 1 aromatic rings. The fourth-order valence-electron chi connectivity index (χ4n) is 3.47. The van der Waals surface area contributed by atoms with Crippen LogP contribution in [0, 0.1) is 0 Å². The number of hydrogen-bond donors (Lipinski definition) is 0. The van der Waals surface area contributed by atoms with E-state index in [9.17, 15) is 0 Å². The normalized spacial score (nSPS) is 30.2. The molecule has 2 unspecified atom stereocenters. The van der Waals surface area contributed by atoms with E-state index in [1.165, 1.54) is 24.8 Å². The number of likely N-dealkylation sites (N-methyl/N-ethyl adjacent to an activating group) is 1. The SMILES string of the molecule is COc1cccc(C2(C)CCCC2(C)N(C)C)c1.Cl. The Hall–Kier alpha value is -0.730. The van der Waals surface area contributed by atoms with Gasteiger partial charge in [0, 0.05) is 11.0 Å². The molecule has 0 radical (unpaired) electrons. The second-order valence-electron chi connectivity index (χ2n) is 6.09. The van der Waals surface area contributed by atoms with Crippen LogP contribution in [0.5, 0.6) is 5.75 Å². The third-order valence-electron chi connectivity index (χ3n) is 5.22. The van der Waals surface area contributed by atoms with Crippen LogP contribution in [-0.2, 0) is 5.41 Å². The summed E-state index contributed by atoms with van der Waals surface area (Å²) in [7, 11) is 6.13. The van der Waals surface area contributed by atoms with Crippen LogP contribution in [0.25, 0.3) is 0 Å². The van der Waals surface area contributed by atoms with E-state index in [1.807, 2.05) is 6.07 Å². The highest BCUT2D eigenvalue weighted by molar-refractivity contribution is 5.85. The molecule has 108 valence electrons. The number of nitrogens with zero attached hydrogens (tertiary/aromatic N) is 1. The molecule has 2 rings (SSSR count). The molecule has 0 aromatic heterocycles. The van der Waals surface area contributed by atoms with E-state index in [2.05, 4.69) is 51.0 Å². The lowest BCUT2D eigenvalue weighted by atomic mass is 9.69. The summed E-state index contributed by atoms with van der Waals surface area (Å²) in [6, 6.07) is 8.57. The Kier molecular flexibility index (Phi) is 4.91. The van der Waals surface area contributed by atoms with Gasteiger partial charge in [0.25, 0.3) is 0 Å². The second kappa shape index (κ2) is 5.72. The van der Waals surface area contributed by atoms with Crippen molar-refractivity contribution in [1.29, 1.82) is 0 Å². The fraction of sp³-hybridized carbons (Fsp3) is 0.625. The summed E-state index contributed by atoms with van der Waals surface area (Å²) in [5, 5.41) is 0. The van der Waals surface area contributed by atoms with Gasteiger partial charge in [-0.05, 0) is 51.6 Å². The zero-order chi connectivity index (χ0) is 13.4. The van der Waals surface area contributed by atoms with Crippen molar-refractivity contribution in [1.82, 2.24) is 4.90 Å². The lowest BCUT2D eigenvalue weighted by Gasteiger charge is -2.46. The Morgan fingerprint density at radius 2 is 1.84 bits per heavy atom. The van der Waals surface area contributed by atoms with Crippen LogP contribution >= 0.6 is 12.4 Å². The van der Waals surface area contributed by atoms with E-state index in [0.717, 1.165) is 5.75 Å². The van der Waals surface area contributed by atoms with Gasteiger partial charge in [-0.1, -0.05) is 25.5 Å². The first-order valence-electron chi connectivity index (χ1n) is 6.76. The molecular weight excluding hydrogens is 258 g/mol. The summed E-state index contributed by atoms with van der Waals surface area (Å²) in [5.74, 6) is 0.960. The quantitative estimate of drug-likeness (QED) is 0.835. The average Bonchev–Trinajstić information content (AvgIpc) is 2.68. The van der Waals surface area contributed by atoms with Crippen molar-refractivity contribution in [2.75, 3.05) is 21.2 Å². The van der Waals surface area contributed by atoms with E-state index < -0.39 is 0 Å². The van der Waals surface area contributed by atoms with E-state index in [4.69, 9.17) is 4.74 Å². The highest BCUT2D eigenvalue weighted by atomic mass is 35.5. The van der Waals surface area contributed by atoms with E-state index in [0.29, 0.717) is 0 Å². The number of halogens is 1. The first-order chi connectivity index (χ1) is 8.44. The molecule has 0 saturated heterocycles. The zero-order valence-corrected chi connectivity index (χ0v) is 13.5. The van der Waals surface area contributed by atoms with Gasteiger partial charge in [0.15, 0.2) is 0 Å². The van der Waals surface area contributed by atoms with Crippen LogP contribution in [0.15, 0.2) is 24.3 Å². The summed E-state index contributed by atoms with van der Waals surface area (Å²) in [4.78, 5) is 2.39. The minimum absolute atomic E-state index is 0. The molecule has 3 heteroatoms. The predicted molar refractivity (Wildman–Crippen MR) is 83.5 cm³/mol.